The highest BCUT2D eigenvalue weighted by Gasteiger charge is 2.14. The number of carbonyl (C=O) groups excluding carboxylic acids is 1. The van der Waals surface area contributed by atoms with Gasteiger partial charge in [0, 0.05) is 63.9 Å². The fraction of sp³-hybridized carbons (Fsp3) is 0.450. The molecule has 28 heavy (non-hydrogen) atoms. The third-order valence-corrected chi connectivity index (χ3v) is 4.72. The topological polar surface area (TPSA) is 82.6 Å². The summed E-state index contributed by atoms with van der Waals surface area (Å²) in [6, 6.07) is 9.60. The number of hydrogen-bond acceptors (Lipinski definition) is 7. The summed E-state index contributed by atoms with van der Waals surface area (Å²) in [4.78, 5) is 25.4. The second-order valence-electron chi connectivity index (χ2n) is 6.85. The normalized spacial score (nSPS) is 14.7. The van der Waals surface area contributed by atoms with E-state index in [2.05, 4.69) is 37.4 Å². The molecule has 0 unspecified atom stereocenters. The molecule has 0 atom stereocenters. The molecule has 150 valence electrons. The average Bonchev–Trinajstić information content (AvgIpc) is 2.73. The number of likely N-dealkylation sites (N-methyl/N-ethyl adjacent to an activating group) is 1. The Bertz CT molecular complexity index is 760. The molecular weight excluding hydrogens is 356 g/mol. The fourth-order valence-corrected chi connectivity index (χ4v) is 3.03. The molecule has 3 rings (SSSR count). The summed E-state index contributed by atoms with van der Waals surface area (Å²) in [7, 11) is 3.81. The third-order valence-electron chi connectivity index (χ3n) is 4.72. The van der Waals surface area contributed by atoms with E-state index in [1.165, 1.54) is 12.0 Å². The van der Waals surface area contributed by atoms with Gasteiger partial charge in [0.2, 0.25) is 0 Å². The van der Waals surface area contributed by atoms with Gasteiger partial charge in [-0.25, -0.2) is 9.97 Å². The first-order valence-corrected chi connectivity index (χ1v) is 9.55. The Balaban J connectivity index is 1.55. The number of benzene rings is 1. The highest BCUT2D eigenvalue weighted by atomic mass is 16.5. The minimum atomic E-state index is -0.255. The summed E-state index contributed by atoms with van der Waals surface area (Å²) < 4.78 is 5.02. The van der Waals surface area contributed by atoms with E-state index in [4.69, 9.17) is 4.74 Å². The summed E-state index contributed by atoms with van der Waals surface area (Å²) in [5.41, 5.74) is 2.25. The summed E-state index contributed by atoms with van der Waals surface area (Å²) >= 11 is 0. The second-order valence-corrected chi connectivity index (χ2v) is 6.85. The lowest BCUT2D eigenvalue weighted by atomic mass is 10.2. The van der Waals surface area contributed by atoms with Gasteiger partial charge >= 0.3 is 0 Å². The van der Waals surface area contributed by atoms with Crippen molar-refractivity contribution in [3.63, 3.8) is 0 Å². The number of nitrogens with zero attached hydrogens (tertiary/aromatic N) is 4. The smallest absolute Gasteiger partial charge is 0.274 e. The van der Waals surface area contributed by atoms with Crippen molar-refractivity contribution in [2.45, 2.75) is 6.42 Å². The summed E-state index contributed by atoms with van der Waals surface area (Å²) in [6.45, 7) is 5.56. The van der Waals surface area contributed by atoms with Gasteiger partial charge in [0.1, 0.15) is 17.8 Å². The van der Waals surface area contributed by atoms with Gasteiger partial charge in [0.15, 0.2) is 0 Å². The van der Waals surface area contributed by atoms with Crippen molar-refractivity contribution in [2.24, 2.45) is 0 Å². The lowest BCUT2D eigenvalue weighted by Gasteiger charge is -2.34. The van der Waals surface area contributed by atoms with E-state index in [0.717, 1.165) is 44.8 Å². The van der Waals surface area contributed by atoms with E-state index in [-0.39, 0.29) is 5.91 Å². The number of carbonyl (C=O) groups is 1. The van der Waals surface area contributed by atoms with Crippen LogP contribution in [0.3, 0.4) is 0 Å². The number of amides is 1. The minimum absolute atomic E-state index is 0.255. The van der Waals surface area contributed by atoms with E-state index >= 15 is 0 Å². The lowest BCUT2D eigenvalue weighted by molar-refractivity contribution is 0.102. The van der Waals surface area contributed by atoms with Crippen LogP contribution in [0.25, 0.3) is 0 Å². The average molecular weight is 384 g/mol. The molecule has 8 nitrogen and oxygen atoms in total. The predicted molar refractivity (Wildman–Crippen MR) is 111 cm³/mol. The molecule has 1 aliphatic heterocycles. The molecule has 2 heterocycles. The molecule has 2 aromatic rings. The molecule has 1 saturated heterocycles. The molecular formula is C20H28N6O2. The number of nitrogens with one attached hydrogen (secondary N) is 2. The molecule has 1 fully saturated rings. The molecule has 0 spiro atoms. The Morgan fingerprint density at radius 2 is 1.89 bits per heavy atom. The summed E-state index contributed by atoms with van der Waals surface area (Å²) in [5.74, 6) is 0.372. The molecule has 1 aromatic carbocycles. The van der Waals surface area contributed by atoms with Crippen LogP contribution >= 0.6 is 0 Å². The van der Waals surface area contributed by atoms with Gasteiger partial charge in [-0.2, -0.15) is 0 Å². The van der Waals surface area contributed by atoms with Crippen molar-refractivity contribution < 1.29 is 9.53 Å². The molecule has 2 N–H and O–H groups in total. The van der Waals surface area contributed by atoms with Gasteiger partial charge in [0.25, 0.3) is 5.91 Å². The maximum absolute atomic E-state index is 12.5. The first kappa shape index (κ1) is 20.0. The molecule has 0 saturated carbocycles. The van der Waals surface area contributed by atoms with Crippen LogP contribution in [0.1, 0.15) is 16.9 Å². The number of ether oxygens (including phenoxy) is 1. The zero-order chi connectivity index (χ0) is 19.8. The van der Waals surface area contributed by atoms with Crippen molar-refractivity contribution in [1.82, 2.24) is 14.9 Å². The van der Waals surface area contributed by atoms with Crippen LogP contribution in [0.2, 0.25) is 0 Å². The zero-order valence-corrected chi connectivity index (χ0v) is 16.5. The molecule has 0 bridgehead atoms. The number of piperazine rings is 1. The quantitative estimate of drug-likeness (QED) is 0.673. The third kappa shape index (κ3) is 5.64. The number of rotatable bonds is 8. The highest BCUT2D eigenvalue weighted by Crippen LogP contribution is 2.19. The zero-order valence-electron chi connectivity index (χ0n) is 16.5. The van der Waals surface area contributed by atoms with Crippen molar-refractivity contribution in [3.05, 3.63) is 42.4 Å². The van der Waals surface area contributed by atoms with Crippen molar-refractivity contribution in [2.75, 3.05) is 69.0 Å². The van der Waals surface area contributed by atoms with E-state index < -0.39 is 0 Å². The van der Waals surface area contributed by atoms with Gasteiger partial charge in [-0.15, -0.1) is 0 Å². The van der Waals surface area contributed by atoms with Crippen LogP contribution in [0.4, 0.5) is 17.2 Å². The van der Waals surface area contributed by atoms with Crippen LogP contribution < -0.4 is 15.5 Å². The molecule has 1 amide bonds. The highest BCUT2D eigenvalue weighted by molar-refractivity contribution is 6.03. The van der Waals surface area contributed by atoms with Gasteiger partial charge in [-0.05, 0) is 37.7 Å². The van der Waals surface area contributed by atoms with E-state index in [1.54, 1.807) is 13.2 Å². The Hall–Kier alpha value is -2.71. The summed E-state index contributed by atoms with van der Waals surface area (Å²) in [6.07, 6.45) is 2.26. The Labute approximate surface area is 165 Å². The van der Waals surface area contributed by atoms with Crippen molar-refractivity contribution in [1.29, 1.82) is 0 Å². The Morgan fingerprint density at radius 1 is 1.14 bits per heavy atom. The Kier molecular flexibility index (Phi) is 7.16. The predicted octanol–water partition coefficient (Wildman–Crippen LogP) is 1.93. The standard InChI is InChI=1S/C20H28N6O2/c1-25-9-11-26(12-10-25)17-6-4-16(5-7-17)24-20(27)18-14-19(23-15-22-18)21-8-3-13-28-2/h4-7,14-15H,3,8-13H2,1-2H3,(H,24,27)(H,21,22,23). The number of anilines is 3. The maximum atomic E-state index is 12.5. The molecule has 0 radical (unpaired) electrons. The Morgan fingerprint density at radius 3 is 2.61 bits per heavy atom. The first-order valence-electron chi connectivity index (χ1n) is 9.55. The fourth-order valence-electron chi connectivity index (χ4n) is 3.03. The summed E-state index contributed by atoms with van der Waals surface area (Å²) in [5, 5.41) is 6.06. The van der Waals surface area contributed by atoms with Crippen LogP contribution in [0.5, 0.6) is 0 Å². The second kappa shape index (κ2) is 10.0. The van der Waals surface area contributed by atoms with Gasteiger partial charge < -0.3 is 25.2 Å². The van der Waals surface area contributed by atoms with Crippen molar-refractivity contribution in [3.8, 4) is 0 Å². The van der Waals surface area contributed by atoms with Crippen LogP contribution in [-0.4, -0.2) is 74.3 Å². The molecule has 0 aliphatic carbocycles. The number of methoxy groups -OCH3 is 1. The largest absolute Gasteiger partial charge is 0.385 e. The van der Waals surface area contributed by atoms with E-state index in [1.807, 2.05) is 24.3 Å². The van der Waals surface area contributed by atoms with Gasteiger partial charge in [-0.3, -0.25) is 4.79 Å². The molecule has 1 aromatic heterocycles. The SMILES string of the molecule is COCCCNc1cc(C(=O)Nc2ccc(N3CCN(C)CC3)cc2)ncn1. The minimum Gasteiger partial charge on any atom is -0.385 e. The number of aromatic nitrogens is 2. The van der Waals surface area contributed by atoms with Crippen LogP contribution in [0, 0.1) is 0 Å². The van der Waals surface area contributed by atoms with E-state index in [0.29, 0.717) is 18.1 Å². The van der Waals surface area contributed by atoms with Crippen LogP contribution in [-0.2, 0) is 4.74 Å². The molecule has 8 heteroatoms. The lowest BCUT2D eigenvalue weighted by Crippen LogP contribution is -2.44. The number of hydrogen-bond donors (Lipinski definition) is 2. The van der Waals surface area contributed by atoms with Crippen molar-refractivity contribution >= 4 is 23.1 Å². The van der Waals surface area contributed by atoms with E-state index in [9.17, 15) is 4.79 Å². The molecule has 1 aliphatic rings. The first-order chi connectivity index (χ1) is 13.7. The maximum Gasteiger partial charge on any atom is 0.274 e. The monoisotopic (exact) mass is 384 g/mol. The van der Waals surface area contributed by atoms with Crippen LogP contribution in [0.15, 0.2) is 36.7 Å². The van der Waals surface area contributed by atoms with Gasteiger partial charge in [-0.1, -0.05) is 0 Å². The van der Waals surface area contributed by atoms with Gasteiger partial charge in [0.05, 0.1) is 0 Å².